The predicted octanol–water partition coefficient (Wildman–Crippen LogP) is 2.99. The molecule has 2 nitrogen and oxygen atoms in total. The van der Waals surface area contributed by atoms with Crippen LogP contribution in [0.4, 0.5) is 4.39 Å². The van der Waals surface area contributed by atoms with Gasteiger partial charge in [-0.15, -0.1) is 0 Å². The molecule has 1 fully saturated rings. The van der Waals surface area contributed by atoms with Gasteiger partial charge in [0.1, 0.15) is 11.6 Å². The van der Waals surface area contributed by atoms with Crippen molar-refractivity contribution in [3.05, 3.63) is 35.8 Å². The van der Waals surface area contributed by atoms with E-state index in [-0.39, 0.29) is 11.2 Å². The Morgan fingerprint density at radius 2 is 2.25 bits per heavy atom. The highest BCUT2D eigenvalue weighted by atomic mass is 19.1. The van der Waals surface area contributed by atoms with Gasteiger partial charge in [-0.1, -0.05) is 0 Å². The van der Waals surface area contributed by atoms with E-state index in [1.807, 2.05) is 0 Å². The minimum atomic E-state index is -0.262. The molecule has 0 bridgehead atoms. The Hall–Kier alpha value is -1.51. The van der Waals surface area contributed by atoms with Crippen molar-refractivity contribution in [3.63, 3.8) is 0 Å². The summed E-state index contributed by atoms with van der Waals surface area (Å²) in [6.45, 7) is 0.638. The van der Waals surface area contributed by atoms with E-state index in [4.69, 9.17) is 9.47 Å². The second-order valence-corrected chi connectivity index (χ2v) is 4.48. The number of halogens is 1. The molecule has 1 aromatic carbocycles. The molecule has 0 atom stereocenters. The first-order chi connectivity index (χ1) is 7.75. The van der Waals surface area contributed by atoms with Gasteiger partial charge in [0.05, 0.1) is 20.0 Å². The largest absolute Gasteiger partial charge is 0.504 e. The number of methoxy groups -OCH3 is 1. The summed E-state index contributed by atoms with van der Waals surface area (Å²) in [7, 11) is 1.64. The fraction of sp³-hybridized carbons (Fsp3) is 0.385. The summed E-state index contributed by atoms with van der Waals surface area (Å²) in [4.78, 5) is 0. The molecular formula is C13H13FO2. The average Bonchev–Trinajstić information content (AvgIpc) is 3.04. The highest BCUT2D eigenvalue weighted by Gasteiger charge is 2.50. The van der Waals surface area contributed by atoms with E-state index in [2.05, 4.69) is 0 Å². The lowest BCUT2D eigenvalue weighted by Crippen LogP contribution is -2.21. The van der Waals surface area contributed by atoms with E-state index < -0.39 is 0 Å². The zero-order valence-corrected chi connectivity index (χ0v) is 9.13. The molecule has 1 aliphatic heterocycles. The molecule has 0 radical (unpaired) electrons. The van der Waals surface area contributed by atoms with Gasteiger partial charge in [-0.25, -0.2) is 4.39 Å². The van der Waals surface area contributed by atoms with Crippen molar-refractivity contribution in [2.24, 2.45) is 5.41 Å². The second kappa shape index (κ2) is 3.24. The first-order valence-electron chi connectivity index (χ1n) is 5.41. The topological polar surface area (TPSA) is 18.5 Å². The number of hydrogen-bond donors (Lipinski definition) is 0. The molecule has 1 spiro atoms. The van der Waals surface area contributed by atoms with Crippen molar-refractivity contribution in [1.29, 1.82) is 0 Å². The van der Waals surface area contributed by atoms with Crippen molar-refractivity contribution in [2.45, 2.75) is 12.8 Å². The molecule has 0 amide bonds. The summed E-state index contributed by atoms with van der Waals surface area (Å²) in [5.74, 6) is 0.364. The first-order valence-corrected chi connectivity index (χ1v) is 5.41. The Balaban J connectivity index is 2.12. The number of rotatable bonds is 1. The molecule has 2 aliphatic rings. The van der Waals surface area contributed by atoms with Gasteiger partial charge in [-0.3, -0.25) is 0 Å². The van der Waals surface area contributed by atoms with Crippen LogP contribution in [0.3, 0.4) is 0 Å². The van der Waals surface area contributed by atoms with Crippen LogP contribution in [0.5, 0.6) is 5.75 Å². The van der Waals surface area contributed by atoms with E-state index in [0.717, 1.165) is 24.0 Å². The standard InChI is InChI=1S/C13H13FO2/c1-15-7-11-10-3-2-9(14)6-12(10)16-8-13(11)4-5-13/h2-3,6-7H,4-5,8H2,1H3. The van der Waals surface area contributed by atoms with Crippen LogP contribution in [-0.2, 0) is 4.74 Å². The maximum absolute atomic E-state index is 13.1. The zero-order chi connectivity index (χ0) is 11.2. The van der Waals surface area contributed by atoms with Crippen molar-refractivity contribution in [2.75, 3.05) is 13.7 Å². The minimum absolute atomic E-state index is 0.126. The molecular weight excluding hydrogens is 207 g/mol. The third kappa shape index (κ3) is 1.31. The molecule has 3 rings (SSSR count). The SMILES string of the molecule is COC=C1c2ccc(F)cc2OCC12CC2. The van der Waals surface area contributed by atoms with Crippen molar-refractivity contribution >= 4 is 5.57 Å². The second-order valence-electron chi connectivity index (χ2n) is 4.48. The maximum Gasteiger partial charge on any atom is 0.129 e. The van der Waals surface area contributed by atoms with Crippen LogP contribution in [0.25, 0.3) is 5.57 Å². The molecule has 1 aliphatic carbocycles. The van der Waals surface area contributed by atoms with E-state index in [0.29, 0.717) is 12.4 Å². The third-order valence-corrected chi connectivity index (χ3v) is 3.40. The molecule has 0 unspecified atom stereocenters. The van der Waals surface area contributed by atoms with Crippen LogP contribution in [0.2, 0.25) is 0 Å². The summed E-state index contributed by atoms with van der Waals surface area (Å²) < 4.78 is 23.8. The predicted molar refractivity (Wildman–Crippen MR) is 58.5 cm³/mol. The first kappa shape index (κ1) is 9.70. The van der Waals surface area contributed by atoms with Crippen LogP contribution < -0.4 is 4.74 Å². The minimum Gasteiger partial charge on any atom is -0.504 e. The van der Waals surface area contributed by atoms with Gasteiger partial charge in [0, 0.05) is 22.6 Å². The molecule has 0 saturated heterocycles. The van der Waals surface area contributed by atoms with Gasteiger partial charge in [0.2, 0.25) is 0 Å². The van der Waals surface area contributed by atoms with E-state index in [1.54, 1.807) is 19.4 Å². The summed E-state index contributed by atoms with van der Waals surface area (Å²) in [6, 6.07) is 4.68. The lowest BCUT2D eigenvalue weighted by Gasteiger charge is -2.27. The number of ether oxygens (including phenoxy) is 2. The number of fused-ring (bicyclic) bond motifs is 1. The van der Waals surface area contributed by atoms with E-state index >= 15 is 0 Å². The van der Waals surface area contributed by atoms with Crippen molar-refractivity contribution in [3.8, 4) is 5.75 Å². The lowest BCUT2D eigenvalue weighted by atomic mass is 9.88. The van der Waals surface area contributed by atoms with Gasteiger partial charge in [0.25, 0.3) is 0 Å². The molecule has 0 N–H and O–H groups in total. The summed E-state index contributed by atoms with van der Waals surface area (Å²) in [5.41, 5.74) is 2.24. The Kier molecular flexibility index (Phi) is 1.96. The highest BCUT2D eigenvalue weighted by Crippen LogP contribution is 2.59. The Labute approximate surface area is 93.7 Å². The Morgan fingerprint density at radius 1 is 1.44 bits per heavy atom. The zero-order valence-electron chi connectivity index (χ0n) is 9.13. The normalized spacial score (nSPS) is 22.8. The van der Waals surface area contributed by atoms with Gasteiger partial charge < -0.3 is 9.47 Å². The fourth-order valence-corrected chi connectivity index (χ4v) is 2.29. The smallest absolute Gasteiger partial charge is 0.129 e. The van der Waals surface area contributed by atoms with Crippen LogP contribution in [0, 0.1) is 11.2 Å². The Bertz CT molecular complexity index is 461. The van der Waals surface area contributed by atoms with E-state index in [9.17, 15) is 4.39 Å². The molecule has 1 heterocycles. The summed E-state index contributed by atoms with van der Waals surface area (Å²) in [5, 5.41) is 0. The molecule has 1 aromatic rings. The van der Waals surface area contributed by atoms with Gasteiger partial charge in [-0.2, -0.15) is 0 Å². The molecule has 16 heavy (non-hydrogen) atoms. The third-order valence-electron chi connectivity index (χ3n) is 3.40. The van der Waals surface area contributed by atoms with E-state index in [1.165, 1.54) is 12.1 Å². The van der Waals surface area contributed by atoms with Crippen LogP contribution in [0.15, 0.2) is 24.5 Å². The quantitative estimate of drug-likeness (QED) is 0.677. The average molecular weight is 220 g/mol. The summed E-state index contributed by atoms with van der Waals surface area (Å²) in [6.07, 6.45) is 4.02. The van der Waals surface area contributed by atoms with Crippen LogP contribution >= 0.6 is 0 Å². The molecule has 0 aromatic heterocycles. The van der Waals surface area contributed by atoms with Gasteiger partial charge >= 0.3 is 0 Å². The number of hydrogen-bond acceptors (Lipinski definition) is 2. The molecule has 3 heteroatoms. The molecule has 1 saturated carbocycles. The maximum atomic E-state index is 13.1. The highest BCUT2D eigenvalue weighted by molar-refractivity contribution is 5.77. The monoisotopic (exact) mass is 220 g/mol. The van der Waals surface area contributed by atoms with Crippen molar-refractivity contribution in [1.82, 2.24) is 0 Å². The van der Waals surface area contributed by atoms with Crippen molar-refractivity contribution < 1.29 is 13.9 Å². The van der Waals surface area contributed by atoms with Gasteiger partial charge in [0.15, 0.2) is 0 Å². The number of benzene rings is 1. The molecule has 84 valence electrons. The lowest BCUT2D eigenvalue weighted by molar-refractivity contribution is 0.249. The van der Waals surface area contributed by atoms with Crippen LogP contribution in [-0.4, -0.2) is 13.7 Å². The fourth-order valence-electron chi connectivity index (χ4n) is 2.29. The van der Waals surface area contributed by atoms with Gasteiger partial charge in [-0.05, 0) is 25.0 Å². The Morgan fingerprint density at radius 3 is 2.94 bits per heavy atom. The summed E-state index contributed by atoms with van der Waals surface area (Å²) >= 11 is 0. The van der Waals surface area contributed by atoms with Crippen LogP contribution in [0.1, 0.15) is 18.4 Å².